The molecule has 8 nitrogen and oxygen atoms in total. The molecule has 0 radical (unpaired) electrons. The fourth-order valence-corrected chi connectivity index (χ4v) is 1.21. The first kappa shape index (κ1) is 17.9. The van der Waals surface area contributed by atoms with Gasteiger partial charge in [0.2, 0.25) is 6.79 Å². The van der Waals surface area contributed by atoms with E-state index >= 15 is 0 Å². The van der Waals surface area contributed by atoms with E-state index in [9.17, 15) is 19.2 Å². The molecule has 20 heavy (non-hydrogen) atoms. The van der Waals surface area contributed by atoms with Gasteiger partial charge in [-0.1, -0.05) is 0 Å². The minimum atomic E-state index is -0.897. The van der Waals surface area contributed by atoms with Gasteiger partial charge < -0.3 is 19.1 Å². The van der Waals surface area contributed by atoms with Crippen LogP contribution in [0.15, 0.2) is 0 Å². The topological polar surface area (TPSA) is 99.2 Å². The van der Waals surface area contributed by atoms with E-state index in [1.807, 2.05) is 0 Å². The fourth-order valence-electron chi connectivity index (χ4n) is 1.21. The van der Waals surface area contributed by atoms with Crippen molar-refractivity contribution in [1.82, 2.24) is 4.90 Å². The number of nitrogens with zero attached hydrogens (tertiary/aromatic N) is 1. The third-order valence-corrected chi connectivity index (χ3v) is 2.24. The van der Waals surface area contributed by atoms with E-state index in [1.165, 1.54) is 4.90 Å². The summed E-state index contributed by atoms with van der Waals surface area (Å²) in [6.07, 6.45) is -0.646. The Morgan fingerprint density at radius 3 is 1.95 bits per heavy atom. The summed E-state index contributed by atoms with van der Waals surface area (Å²) in [6.45, 7) is 4.80. The zero-order valence-electron chi connectivity index (χ0n) is 11.8. The maximum absolute atomic E-state index is 11.5. The van der Waals surface area contributed by atoms with E-state index in [-0.39, 0.29) is 5.91 Å². The van der Waals surface area contributed by atoms with Crippen molar-refractivity contribution in [1.29, 1.82) is 0 Å². The molecular weight excluding hydrogens is 270 g/mol. The molecule has 0 saturated heterocycles. The van der Waals surface area contributed by atoms with E-state index in [4.69, 9.17) is 0 Å². The van der Waals surface area contributed by atoms with Gasteiger partial charge >= 0.3 is 17.9 Å². The van der Waals surface area contributed by atoms with Crippen molar-refractivity contribution < 1.29 is 33.4 Å². The molecule has 0 atom stereocenters. The Hall–Kier alpha value is -2.12. The third-order valence-electron chi connectivity index (χ3n) is 2.24. The molecule has 0 unspecified atom stereocenters. The van der Waals surface area contributed by atoms with Gasteiger partial charge in [-0.15, -0.1) is 0 Å². The molecule has 0 rings (SSSR count). The highest BCUT2D eigenvalue weighted by molar-refractivity contribution is 5.92. The Balaban J connectivity index is 3.90. The lowest BCUT2D eigenvalue weighted by Crippen LogP contribution is -2.34. The maximum Gasteiger partial charge on any atom is 0.320 e. The predicted octanol–water partition coefficient (Wildman–Crippen LogP) is -0.148. The molecule has 0 spiro atoms. The second-order valence-electron chi connectivity index (χ2n) is 3.67. The molecule has 0 heterocycles. The van der Waals surface area contributed by atoms with Gasteiger partial charge in [-0.25, -0.2) is 0 Å². The van der Waals surface area contributed by atoms with Crippen LogP contribution in [0.25, 0.3) is 0 Å². The number of ether oxygens (including phenoxy) is 3. The van der Waals surface area contributed by atoms with Gasteiger partial charge in [-0.3, -0.25) is 19.2 Å². The van der Waals surface area contributed by atoms with Gasteiger partial charge in [-0.2, -0.15) is 0 Å². The van der Waals surface area contributed by atoms with Crippen molar-refractivity contribution in [3.8, 4) is 0 Å². The van der Waals surface area contributed by atoms with Crippen molar-refractivity contribution >= 4 is 23.8 Å². The van der Waals surface area contributed by atoms with Crippen molar-refractivity contribution in [3.63, 3.8) is 0 Å². The van der Waals surface area contributed by atoms with Crippen molar-refractivity contribution in [2.24, 2.45) is 0 Å². The number of hydrogen-bond donors (Lipinski definition) is 0. The monoisotopic (exact) mass is 289 g/mol. The normalized spacial score (nSPS) is 9.55. The Bertz CT molecular complexity index is 363. The summed E-state index contributed by atoms with van der Waals surface area (Å²) in [5.74, 6) is -2.72. The Labute approximate surface area is 117 Å². The summed E-state index contributed by atoms with van der Waals surface area (Å²) in [6, 6.07) is 0. The summed E-state index contributed by atoms with van der Waals surface area (Å²) < 4.78 is 13.4. The van der Waals surface area contributed by atoms with Gasteiger partial charge in [-0.05, 0) is 13.8 Å². The number of rotatable bonds is 8. The van der Waals surface area contributed by atoms with Gasteiger partial charge in [0.25, 0.3) is 5.91 Å². The standard InChI is InChI=1S/C12H19NO7/c1-4-13(5-2)10(15)7-18-11(16)6-12(17)20-8-19-9(3)14/h4-8H2,1-3H3. The zero-order valence-corrected chi connectivity index (χ0v) is 11.8. The lowest BCUT2D eigenvalue weighted by atomic mass is 10.4. The highest BCUT2D eigenvalue weighted by Crippen LogP contribution is 1.95. The first-order valence-electron chi connectivity index (χ1n) is 6.13. The summed E-state index contributed by atoms with van der Waals surface area (Å²) in [5.41, 5.74) is 0. The van der Waals surface area contributed by atoms with Gasteiger partial charge in [0.15, 0.2) is 6.61 Å². The Morgan fingerprint density at radius 1 is 0.900 bits per heavy atom. The number of likely N-dealkylation sites (N-methyl/N-ethyl adjacent to an activating group) is 1. The second-order valence-corrected chi connectivity index (χ2v) is 3.67. The van der Waals surface area contributed by atoms with Crippen LogP contribution in [-0.4, -0.2) is 55.2 Å². The molecule has 0 aromatic carbocycles. The van der Waals surface area contributed by atoms with Gasteiger partial charge in [0.1, 0.15) is 6.42 Å². The number of amides is 1. The lowest BCUT2D eigenvalue weighted by molar-refractivity contribution is -0.169. The van der Waals surface area contributed by atoms with Crippen LogP contribution < -0.4 is 0 Å². The van der Waals surface area contributed by atoms with E-state index in [0.29, 0.717) is 13.1 Å². The zero-order chi connectivity index (χ0) is 15.5. The van der Waals surface area contributed by atoms with Crippen LogP contribution >= 0.6 is 0 Å². The molecule has 0 aliphatic heterocycles. The van der Waals surface area contributed by atoms with Crippen molar-refractivity contribution in [3.05, 3.63) is 0 Å². The quantitative estimate of drug-likeness (QED) is 0.348. The molecule has 114 valence electrons. The first-order valence-corrected chi connectivity index (χ1v) is 6.13. The minimum Gasteiger partial charge on any atom is -0.455 e. The van der Waals surface area contributed by atoms with E-state index in [1.54, 1.807) is 13.8 Å². The highest BCUT2D eigenvalue weighted by atomic mass is 16.7. The average molecular weight is 289 g/mol. The van der Waals surface area contributed by atoms with Gasteiger partial charge in [0.05, 0.1) is 0 Å². The van der Waals surface area contributed by atoms with Gasteiger partial charge in [0, 0.05) is 20.0 Å². The number of hydrogen-bond acceptors (Lipinski definition) is 7. The number of carbonyl (C=O) groups is 4. The summed E-state index contributed by atoms with van der Waals surface area (Å²) in [5, 5.41) is 0. The van der Waals surface area contributed by atoms with Crippen molar-refractivity contribution in [2.75, 3.05) is 26.5 Å². The Kier molecular flexibility index (Phi) is 8.73. The van der Waals surface area contributed by atoms with Crippen molar-refractivity contribution in [2.45, 2.75) is 27.2 Å². The van der Waals surface area contributed by atoms with Crippen LogP contribution in [0.3, 0.4) is 0 Å². The molecule has 1 amide bonds. The predicted molar refractivity (Wildman–Crippen MR) is 66.2 cm³/mol. The molecule has 0 fully saturated rings. The second kappa shape index (κ2) is 9.76. The summed E-state index contributed by atoms with van der Waals surface area (Å²) in [7, 11) is 0. The van der Waals surface area contributed by atoms with E-state index in [0.717, 1.165) is 6.92 Å². The number of esters is 3. The van der Waals surface area contributed by atoms with Crippen LogP contribution in [0.5, 0.6) is 0 Å². The molecular formula is C12H19NO7. The average Bonchev–Trinajstić information content (AvgIpc) is 2.37. The largest absolute Gasteiger partial charge is 0.455 e. The van der Waals surface area contributed by atoms with Crippen LogP contribution in [-0.2, 0) is 33.4 Å². The van der Waals surface area contributed by atoms with Crippen LogP contribution in [0, 0.1) is 0 Å². The molecule has 0 aliphatic rings. The van der Waals surface area contributed by atoms with E-state index < -0.39 is 37.7 Å². The van der Waals surface area contributed by atoms with Crippen LogP contribution in [0.1, 0.15) is 27.2 Å². The molecule has 0 N–H and O–H groups in total. The Morgan fingerprint density at radius 2 is 1.45 bits per heavy atom. The summed E-state index contributed by atoms with van der Waals surface area (Å²) in [4.78, 5) is 45.8. The smallest absolute Gasteiger partial charge is 0.320 e. The highest BCUT2D eigenvalue weighted by Gasteiger charge is 2.16. The minimum absolute atomic E-state index is 0.336. The van der Waals surface area contributed by atoms with Crippen LogP contribution in [0.2, 0.25) is 0 Å². The molecule has 0 bridgehead atoms. The molecule has 0 saturated carbocycles. The molecule has 0 aliphatic carbocycles. The first-order chi connectivity index (χ1) is 9.40. The molecule has 0 aromatic rings. The number of carbonyl (C=O) groups excluding carboxylic acids is 4. The van der Waals surface area contributed by atoms with Crippen LogP contribution in [0.4, 0.5) is 0 Å². The SMILES string of the molecule is CCN(CC)C(=O)COC(=O)CC(=O)OCOC(C)=O. The molecule has 0 aromatic heterocycles. The summed E-state index contributed by atoms with van der Waals surface area (Å²) >= 11 is 0. The fraction of sp³-hybridized carbons (Fsp3) is 0.667. The lowest BCUT2D eigenvalue weighted by Gasteiger charge is -2.18. The van der Waals surface area contributed by atoms with E-state index in [2.05, 4.69) is 14.2 Å². The maximum atomic E-state index is 11.5. The third kappa shape index (κ3) is 8.06. The molecule has 8 heteroatoms.